The zero-order chi connectivity index (χ0) is 18.8. The quantitative estimate of drug-likeness (QED) is 0.320. The summed E-state index contributed by atoms with van der Waals surface area (Å²) in [6.45, 7) is -1.83. The van der Waals surface area contributed by atoms with Gasteiger partial charge in [0.1, 0.15) is 0 Å². The van der Waals surface area contributed by atoms with E-state index in [4.69, 9.17) is 0 Å². The van der Waals surface area contributed by atoms with Crippen LogP contribution in [0.5, 0.6) is 0 Å². The van der Waals surface area contributed by atoms with Crippen molar-refractivity contribution in [3.8, 4) is 0 Å². The Hall–Kier alpha value is -1.41. The van der Waals surface area contributed by atoms with Gasteiger partial charge in [-0.05, 0) is 6.07 Å². The zero-order valence-electron chi connectivity index (χ0n) is 11.1. The van der Waals surface area contributed by atoms with Gasteiger partial charge in [0.05, 0.1) is 0 Å². The highest BCUT2D eigenvalue weighted by Gasteiger charge is 2.83. The van der Waals surface area contributed by atoms with Gasteiger partial charge in [-0.25, -0.2) is 8.42 Å². The molecule has 0 spiro atoms. The highest BCUT2D eigenvalue weighted by Crippen LogP contribution is 2.54. The molecule has 0 aliphatic carbocycles. The molecule has 14 heteroatoms. The van der Waals surface area contributed by atoms with Gasteiger partial charge in [-0.2, -0.15) is 30.9 Å². The van der Waals surface area contributed by atoms with Crippen molar-refractivity contribution in [2.24, 2.45) is 0 Å². The third-order valence-corrected chi connectivity index (χ3v) is 7.83. The Morgan fingerprint density at radius 3 is 2.04 bits per heavy atom. The lowest BCUT2D eigenvalue weighted by Crippen LogP contribution is -2.68. The summed E-state index contributed by atoms with van der Waals surface area (Å²) in [5.41, 5.74) is 0. The maximum absolute atomic E-state index is 13.4. The van der Waals surface area contributed by atoms with Gasteiger partial charge in [0.15, 0.2) is 16.9 Å². The van der Waals surface area contributed by atoms with Crippen molar-refractivity contribution >= 4 is 23.8 Å². The first kappa shape index (κ1) is 18.9. The van der Waals surface area contributed by atoms with Crippen LogP contribution in [0.4, 0.5) is 30.7 Å². The summed E-state index contributed by atoms with van der Waals surface area (Å²) >= 11 is 0. The van der Waals surface area contributed by atoms with Crippen LogP contribution in [0.25, 0.3) is 0 Å². The largest absolute Gasteiger partial charge is 0.772 e. The van der Waals surface area contributed by atoms with Gasteiger partial charge in [0.2, 0.25) is 0 Å². The summed E-state index contributed by atoms with van der Waals surface area (Å²) in [6, 6.07) is 2.67. The van der Waals surface area contributed by atoms with Crippen LogP contribution < -0.4 is 4.57 Å². The fraction of sp³-hybridized carbons (Fsp3) is 0.400. The molecular weight excluding hydrogens is 395 g/mol. The van der Waals surface area contributed by atoms with Crippen LogP contribution in [0.1, 0.15) is 0 Å². The fourth-order valence-electron chi connectivity index (χ4n) is 1.83. The highest BCUT2D eigenvalue weighted by molar-refractivity contribution is 8.23. The van der Waals surface area contributed by atoms with Gasteiger partial charge in [-0.15, -0.1) is 4.39 Å². The van der Waals surface area contributed by atoms with Crippen molar-refractivity contribution < 1.29 is 52.5 Å². The van der Waals surface area contributed by atoms with E-state index in [0.717, 1.165) is 12.1 Å². The first-order valence-electron chi connectivity index (χ1n) is 5.75. The molecule has 0 aromatic carbocycles. The average molecular weight is 401 g/mol. The van der Waals surface area contributed by atoms with Crippen molar-refractivity contribution in [1.82, 2.24) is 0 Å². The molecule has 2 rings (SSSR count). The summed E-state index contributed by atoms with van der Waals surface area (Å²) in [5, 5.41) is -12.8. The van der Waals surface area contributed by atoms with Crippen molar-refractivity contribution in [2.45, 2.75) is 23.0 Å². The second-order valence-corrected chi connectivity index (χ2v) is 8.92. The van der Waals surface area contributed by atoms with Gasteiger partial charge >= 0.3 is 22.4 Å². The molecule has 0 saturated carbocycles. The van der Waals surface area contributed by atoms with Crippen molar-refractivity contribution in [2.75, 3.05) is 0 Å². The lowest BCUT2D eigenvalue weighted by molar-refractivity contribution is -0.709. The number of hydrogen-bond donors (Lipinski definition) is 0. The molecule has 0 fully saturated rings. The summed E-state index contributed by atoms with van der Waals surface area (Å²) in [7, 11) is -13.5. The van der Waals surface area contributed by atoms with E-state index in [0.29, 0.717) is 12.3 Å². The minimum Gasteiger partial charge on any atom is -0.772 e. The topological polar surface area (TPSA) is 78.2 Å². The van der Waals surface area contributed by atoms with Crippen molar-refractivity contribution in [1.29, 1.82) is 0 Å². The number of halogens is 7. The molecule has 2 heterocycles. The normalized spacial score (nSPS) is 30.1. The van der Waals surface area contributed by atoms with E-state index in [1.165, 1.54) is 0 Å². The number of rotatable bonds is 2. The van der Waals surface area contributed by atoms with Crippen LogP contribution in [-0.2, 0) is 26.2 Å². The van der Waals surface area contributed by atoms with Gasteiger partial charge in [0, 0.05) is 21.9 Å². The molecule has 1 aliphatic heterocycles. The van der Waals surface area contributed by atoms with Crippen molar-refractivity contribution in [3.63, 3.8) is 0 Å². The van der Waals surface area contributed by atoms with E-state index in [1.54, 1.807) is 0 Å². The van der Waals surface area contributed by atoms with Gasteiger partial charge in [0.25, 0.3) is 9.84 Å². The molecule has 0 radical (unpaired) electrons. The molecule has 0 saturated heterocycles. The molecule has 24 heavy (non-hydrogen) atoms. The van der Waals surface area contributed by atoms with E-state index < -0.39 is 52.8 Å². The Labute approximate surface area is 130 Å². The monoisotopic (exact) mass is 401 g/mol. The van der Waals surface area contributed by atoms with Crippen molar-refractivity contribution in [3.05, 3.63) is 30.3 Å². The standard InChI is InChI=1S/C10H6F7NO4S2/c11-6-3-1-2-4-18(6)5-7-23(19,20)9(14,15)8(12,13)10(16,17)24(7,21)22/h1-4H,5H2. The number of hydrogen-bond acceptors (Lipinski definition) is 4. The van der Waals surface area contributed by atoms with Crippen LogP contribution in [0.3, 0.4) is 0 Å². The molecule has 0 bridgehead atoms. The van der Waals surface area contributed by atoms with Crippen LogP contribution in [-0.4, -0.2) is 37.8 Å². The third-order valence-electron chi connectivity index (χ3n) is 3.19. The molecule has 1 aromatic rings. The lowest BCUT2D eigenvalue weighted by atomic mass is 10.3. The summed E-state index contributed by atoms with van der Waals surface area (Å²) in [5.74, 6) is -8.08. The Balaban J connectivity index is 2.88. The number of sulfone groups is 1. The first-order valence-corrected chi connectivity index (χ1v) is 8.71. The lowest BCUT2D eigenvalue weighted by Gasteiger charge is -2.41. The van der Waals surface area contributed by atoms with Crippen LogP contribution in [0.15, 0.2) is 24.4 Å². The Morgan fingerprint density at radius 1 is 1.00 bits per heavy atom. The Kier molecular flexibility index (Phi) is 3.98. The van der Waals surface area contributed by atoms with Crippen LogP contribution in [0, 0.1) is 5.95 Å². The maximum atomic E-state index is 13.4. The predicted octanol–water partition coefficient (Wildman–Crippen LogP) is 0.907. The molecule has 1 aliphatic rings. The van der Waals surface area contributed by atoms with E-state index in [9.17, 15) is 47.9 Å². The molecule has 1 aromatic heterocycles. The smallest absolute Gasteiger partial charge is 0.419 e. The number of aromatic nitrogens is 1. The maximum Gasteiger partial charge on any atom is 0.419 e. The van der Waals surface area contributed by atoms with Gasteiger partial charge in [-0.3, -0.25) is 4.21 Å². The second kappa shape index (κ2) is 5.05. The molecule has 0 N–H and O–H groups in total. The number of alkyl halides is 6. The first-order chi connectivity index (χ1) is 10.6. The number of nitrogens with zero attached hydrogens (tertiary/aromatic N) is 1. The molecule has 136 valence electrons. The molecule has 1 unspecified atom stereocenters. The summed E-state index contributed by atoms with van der Waals surface area (Å²) < 4.78 is 137. The molecule has 5 nitrogen and oxygen atoms in total. The SMILES string of the molecule is O=S1(=O)C(C[n+]2ccccc2F)=S(=O)([O-])C(F)(F)C(F)(F)C1(F)F. The van der Waals surface area contributed by atoms with E-state index >= 15 is 0 Å². The van der Waals surface area contributed by atoms with E-state index in [2.05, 4.69) is 0 Å². The Morgan fingerprint density at radius 2 is 1.54 bits per heavy atom. The third kappa shape index (κ3) is 2.08. The van der Waals surface area contributed by atoms with Gasteiger partial charge < -0.3 is 4.55 Å². The summed E-state index contributed by atoms with van der Waals surface area (Å²) in [4.78, 5) is 0. The predicted molar refractivity (Wildman–Crippen MR) is 64.3 cm³/mol. The molecular formula is C10H6F7NO4S2. The highest BCUT2D eigenvalue weighted by atomic mass is 32.3. The fourth-order valence-corrected chi connectivity index (χ4v) is 5.80. The van der Waals surface area contributed by atoms with E-state index in [-0.39, 0.29) is 4.57 Å². The van der Waals surface area contributed by atoms with Crippen LogP contribution >= 0.6 is 0 Å². The van der Waals surface area contributed by atoms with Crippen LogP contribution in [0.2, 0.25) is 0 Å². The minimum absolute atomic E-state index is 0.0834. The molecule has 0 amide bonds. The second-order valence-electron chi connectivity index (χ2n) is 4.64. The Bertz CT molecular complexity index is 919. The van der Waals surface area contributed by atoms with E-state index in [1.807, 2.05) is 0 Å². The number of pyridine rings is 1. The molecule has 1 atom stereocenters. The zero-order valence-corrected chi connectivity index (χ0v) is 12.7. The van der Waals surface area contributed by atoms with Gasteiger partial charge in [-0.1, -0.05) is 0 Å². The average Bonchev–Trinajstić information content (AvgIpc) is 2.44. The summed E-state index contributed by atoms with van der Waals surface area (Å²) in [6.07, 6.45) is 0.649. The minimum atomic E-state index is -6.73.